The Hall–Kier alpha value is -1.80. The summed E-state index contributed by atoms with van der Waals surface area (Å²) in [6.07, 6.45) is 1.34. The summed E-state index contributed by atoms with van der Waals surface area (Å²) in [4.78, 5) is 12.0. The Bertz CT molecular complexity index is 635. The average molecular weight is 316 g/mol. The van der Waals surface area contributed by atoms with Crippen molar-refractivity contribution in [1.29, 1.82) is 0 Å². The van der Waals surface area contributed by atoms with Crippen LogP contribution in [-0.4, -0.2) is 26.0 Å². The van der Waals surface area contributed by atoms with Crippen molar-refractivity contribution in [3.63, 3.8) is 0 Å². The van der Waals surface area contributed by atoms with E-state index in [-0.39, 0.29) is 10.9 Å². The molecule has 1 atom stereocenters. The minimum Gasteiger partial charge on any atom is -0.336 e. The van der Waals surface area contributed by atoms with Crippen molar-refractivity contribution >= 4 is 35.0 Å². The molecule has 0 saturated carbocycles. The Morgan fingerprint density at radius 2 is 2.35 bits per heavy atom. The Morgan fingerprint density at radius 3 is 2.95 bits per heavy atom. The lowest BCUT2D eigenvalue weighted by molar-refractivity contribution is -0.115. The quantitative estimate of drug-likeness (QED) is 0.665. The molecule has 0 fully saturated rings. The van der Waals surface area contributed by atoms with Crippen LogP contribution in [0.25, 0.3) is 0 Å². The molecule has 0 saturated heterocycles. The number of nitrogens with one attached hydrogen (secondary N) is 1. The largest absolute Gasteiger partial charge is 0.336 e. The van der Waals surface area contributed by atoms with Gasteiger partial charge in [-0.2, -0.15) is 0 Å². The van der Waals surface area contributed by atoms with Gasteiger partial charge in [0, 0.05) is 5.69 Å². The van der Waals surface area contributed by atoms with Gasteiger partial charge >= 0.3 is 0 Å². The summed E-state index contributed by atoms with van der Waals surface area (Å²) >= 11 is 6.80. The van der Waals surface area contributed by atoms with Gasteiger partial charge in [-0.25, -0.2) is 9.07 Å². The van der Waals surface area contributed by atoms with Crippen molar-refractivity contribution in [2.24, 2.45) is 0 Å². The Balaban J connectivity index is 2.00. The van der Waals surface area contributed by atoms with Gasteiger partial charge in [-0.1, -0.05) is 23.4 Å². The minimum absolute atomic E-state index is 0.0511. The second-order valence-corrected chi connectivity index (χ2v) is 5.61. The average Bonchev–Trinajstić information content (AvgIpc) is 2.79. The summed E-state index contributed by atoms with van der Waals surface area (Å²) in [5.74, 6) is 4.74. The Kier molecular flexibility index (Phi) is 4.46. The molecule has 0 spiro atoms. The third kappa shape index (κ3) is 3.40. The van der Waals surface area contributed by atoms with E-state index in [0.29, 0.717) is 10.8 Å². The number of carbonyl (C=O) groups excluding carboxylic acids is 1. The molecule has 106 valence electrons. The number of nitrogen functional groups attached to an aromatic ring is 1. The molecule has 9 heteroatoms. The third-order valence-corrected chi connectivity index (χ3v) is 3.74. The molecule has 1 aromatic heterocycles. The van der Waals surface area contributed by atoms with E-state index in [1.165, 1.54) is 29.2 Å². The number of thioether (sulfide) groups is 1. The van der Waals surface area contributed by atoms with Gasteiger partial charge in [0.2, 0.25) is 11.1 Å². The monoisotopic (exact) mass is 315 g/mol. The van der Waals surface area contributed by atoms with Crippen molar-refractivity contribution in [2.75, 3.05) is 11.2 Å². The molecule has 1 amide bonds. The molecule has 1 heterocycles. The van der Waals surface area contributed by atoms with E-state index in [1.54, 1.807) is 6.92 Å². The first kappa shape index (κ1) is 14.6. The zero-order chi connectivity index (χ0) is 14.7. The van der Waals surface area contributed by atoms with Gasteiger partial charge in [0.25, 0.3) is 0 Å². The first-order valence-corrected chi connectivity index (χ1v) is 6.81. The molecule has 0 aliphatic carbocycles. The highest BCUT2D eigenvalue weighted by Gasteiger charge is 2.17. The lowest BCUT2D eigenvalue weighted by atomic mass is 10.3. The molecule has 1 aromatic carbocycles. The van der Waals surface area contributed by atoms with E-state index in [0.717, 1.165) is 11.8 Å². The van der Waals surface area contributed by atoms with Crippen LogP contribution in [0.3, 0.4) is 0 Å². The maximum absolute atomic E-state index is 13.0. The van der Waals surface area contributed by atoms with Crippen molar-refractivity contribution in [2.45, 2.75) is 17.3 Å². The number of nitrogens with two attached hydrogens (primary N) is 1. The van der Waals surface area contributed by atoms with E-state index < -0.39 is 11.1 Å². The van der Waals surface area contributed by atoms with Crippen LogP contribution in [0.4, 0.5) is 10.1 Å². The molecular weight excluding hydrogens is 305 g/mol. The van der Waals surface area contributed by atoms with Gasteiger partial charge in [-0.05, 0) is 25.1 Å². The van der Waals surface area contributed by atoms with Crippen LogP contribution in [0, 0.1) is 5.82 Å². The summed E-state index contributed by atoms with van der Waals surface area (Å²) in [5.41, 5.74) is 0.420. The summed E-state index contributed by atoms with van der Waals surface area (Å²) in [6.45, 7) is 1.69. The van der Waals surface area contributed by atoms with E-state index in [9.17, 15) is 9.18 Å². The fraction of sp³-hybridized carbons (Fsp3) is 0.182. The lowest BCUT2D eigenvalue weighted by Gasteiger charge is -2.11. The molecule has 0 aliphatic rings. The summed E-state index contributed by atoms with van der Waals surface area (Å²) < 4.78 is 14.2. The van der Waals surface area contributed by atoms with E-state index in [1.807, 2.05) is 0 Å². The molecule has 2 aromatic rings. The molecule has 0 radical (unpaired) electrons. The van der Waals surface area contributed by atoms with Crippen LogP contribution in [0.2, 0.25) is 5.02 Å². The van der Waals surface area contributed by atoms with Gasteiger partial charge in [-0.15, -0.1) is 10.2 Å². The predicted octanol–water partition coefficient (Wildman–Crippen LogP) is 1.90. The summed E-state index contributed by atoms with van der Waals surface area (Å²) in [6, 6.07) is 3.96. The highest BCUT2D eigenvalue weighted by atomic mass is 35.5. The number of rotatable bonds is 4. The molecule has 20 heavy (non-hydrogen) atoms. The van der Waals surface area contributed by atoms with Crippen molar-refractivity contribution in [3.8, 4) is 0 Å². The van der Waals surface area contributed by atoms with Gasteiger partial charge in [0.1, 0.15) is 12.1 Å². The maximum atomic E-state index is 13.0. The number of halogens is 2. The van der Waals surface area contributed by atoms with E-state index in [4.69, 9.17) is 17.4 Å². The number of anilines is 1. The number of benzene rings is 1. The number of carbonyl (C=O) groups is 1. The van der Waals surface area contributed by atoms with Crippen LogP contribution in [0.15, 0.2) is 29.7 Å². The fourth-order valence-electron chi connectivity index (χ4n) is 1.35. The molecule has 0 unspecified atom stereocenters. The SMILES string of the molecule is C[C@H](Sc1nncn1N)C(=O)Nc1ccc(F)c(Cl)c1. The maximum Gasteiger partial charge on any atom is 0.237 e. The second kappa shape index (κ2) is 6.10. The molecule has 3 N–H and O–H groups in total. The third-order valence-electron chi connectivity index (χ3n) is 2.38. The molecular formula is C11H11ClFN5OS. The zero-order valence-corrected chi connectivity index (χ0v) is 12.0. The van der Waals surface area contributed by atoms with Crippen LogP contribution in [-0.2, 0) is 4.79 Å². The number of hydrogen-bond donors (Lipinski definition) is 2. The van der Waals surface area contributed by atoms with Gasteiger partial charge < -0.3 is 11.2 Å². The summed E-state index contributed by atoms with van der Waals surface area (Å²) in [5, 5.41) is 9.94. The molecule has 6 nitrogen and oxygen atoms in total. The summed E-state index contributed by atoms with van der Waals surface area (Å²) in [7, 11) is 0. The van der Waals surface area contributed by atoms with Crippen LogP contribution >= 0.6 is 23.4 Å². The Labute approximate surface area is 123 Å². The highest BCUT2D eigenvalue weighted by Crippen LogP contribution is 2.23. The standard InChI is InChI=1S/C11H11ClFN5OS/c1-6(20-11-17-15-5-18(11)14)10(19)16-7-2-3-9(13)8(12)4-7/h2-6H,14H2,1H3,(H,16,19)/t6-/m0/s1. The molecule has 2 rings (SSSR count). The first-order valence-electron chi connectivity index (χ1n) is 5.55. The Morgan fingerprint density at radius 1 is 1.60 bits per heavy atom. The number of aromatic nitrogens is 3. The fourth-order valence-corrected chi connectivity index (χ4v) is 2.27. The van der Waals surface area contributed by atoms with Gasteiger partial charge in [0.05, 0.1) is 10.3 Å². The van der Waals surface area contributed by atoms with Crippen LogP contribution < -0.4 is 11.2 Å². The first-order chi connectivity index (χ1) is 9.47. The lowest BCUT2D eigenvalue weighted by Crippen LogP contribution is -2.23. The van der Waals surface area contributed by atoms with Gasteiger partial charge in [-0.3, -0.25) is 4.79 Å². The predicted molar refractivity (Wildman–Crippen MR) is 75.5 cm³/mol. The highest BCUT2D eigenvalue weighted by molar-refractivity contribution is 8.00. The van der Waals surface area contributed by atoms with E-state index >= 15 is 0 Å². The zero-order valence-electron chi connectivity index (χ0n) is 10.4. The number of nitrogens with zero attached hydrogens (tertiary/aromatic N) is 3. The second-order valence-electron chi connectivity index (χ2n) is 3.90. The molecule has 0 bridgehead atoms. The van der Waals surface area contributed by atoms with Crippen LogP contribution in [0.5, 0.6) is 0 Å². The van der Waals surface area contributed by atoms with Crippen LogP contribution in [0.1, 0.15) is 6.92 Å². The van der Waals surface area contributed by atoms with Gasteiger partial charge in [0.15, 0.2) is 0 Å². The minimum atomic E-state index is -0.539. The molecule has 0 aliphatic heterocycles. The smallest absolute Gasteiger partial charge is 0.237 e. The number of amides is 1. The van der Waals surface area contributed by atoms with Crippen molar-refractivity contribution in [1.82, 2.24) is 14.9 Å². The van der Waals surface area contributed by atoms with E-state index in [2.05, 4.69) is 15.5 Å². The van der Waals surface area contributed by atoms with Crippen molar-refractivity contribution in [3.05, 3.63) is 35.4 Å². The topological polar surface area (TPSA) is 85.8 Å². The number of hydrogen-bond acceptors (Lipinski definition) is 5. The van der Waals surface area contributed by atoms with Crippen molar-refractivity contribution < 1.29 is 9.18 Å². The normalized spacial score (nSPS) is 12.2.